The summed E-state index contributed by atoms with van der Waals surface area (Å²) in [7, 11) is 2.34. The summed E-state index contributed by atoms with van der Waals surface area (Å²) in [4.78, 5) is 24.7. The molecule has 0 saturated carbocycles. The Morgan fingerprint density at radius 1 is 0.933 bits per heavy atom. The molecule has 10 atom stereocenters. The maximum Gasteiger partial charge on any atom is 0.335 e. The minimum absolute atomic E-state index is 0.0461. The summed E-state index contributed by atoms with van der Waals surface area (Å²) in [5.74, 6) is -2.31. The first-order valence-electron chi connectivity index (χ1n) is 14.0. The second-order valence-electron chi connectivity index (χ2n) is 10.1. The van der Waals surface area contributed by atoms with Gasteiger partial charge in [0.1, 0.15) is 42.3 Å². The van der Waals surface area contributed by atoms with Crippen LogP contribution in [0.2, 0.25) is 0 Å². The van der Waals surface area contributed by atoms with E-state index in [1.54, 1.807) is 16.0 Å². The van der Waals surface area contributed by atoms with Gasteiger partial charge in [-0.2, -0.15) is 11.3 Å². The van der Waals surface area contributed by atoms with Crippen LogP contribution in [0.15, 0.2) is 23.0 Å². The van der Waals surface area contributed by atoms with Gasteiger partial charge in [0.2, 0.25) is 0 Å². The van der Waals surface area contributed by atoms with Crippen LogP contribution in [0.4, 0.5) is 0 Å². The number of methoxy groups -OCH3 is 2. The summed E-state index contributed by atoms with van der Waals surface area (Å²) in [6, 6.07) is 1.97. The van der Waals surface area contributed by atoms with Gasteiger partial charge in [-0.3, -0.25) is 4.79 Å². The predicted molar refractivity (Wildman–Crippen MR) is 150 cm³/mol. The molecule has 1 amide bonds. The van der Waals surface area contributed by atoms with E-state index >= 15 is 0 Å². The molecule has 2 aliphatic heterocycles. The van der Waals surface area contributed by atoms with E-state index in [0.29, 0.717) is 19.8 Å². The molecule has 252 valence electrons. The van der Waals surface area contributed by atoms with E-state index in [9.17, 15) is 35.1 Å². The summed E-state index contributed by atoms with van der Waals surface area (Å²) in [6.45, 7) is 1.62. The van der Waals surface area contributed by atoms with Gasteiger partial charge in [0.05, 0.1) is 39.2 Å². The highest BCUT2D eigenvalue weighted by atomic mass is 32.1. The summed E-state index contributed by atoms with van der Waals surface area (Å²) in [5.41, 5.74) is 1.79. The maximum atomic E-state index is 12.9. The van der Waals surface area contributed by atoms with Gasteiger partial charge in [-0.15, -0.1) is 5.10 Å². The second kappa shape index (κ2) is 16.8. The van der Waals surface area contributed by atoms with E-state index in [1.807, 2.05) is 23.0 Å². The van der Waals surface area contributed by atoms with E-state index in [1.165, 1.54) is 7.11 Å². The van der Waals surface area contributed by atoms with E-state index in [0.717, 1.165) is 18.4 Å². The van der Waals surface area contributed by atoms with Crippen molar-refractivity contribution in [3.8, 4) is 11.3 Å². The number of hydrogen-bond acceptors (Lipinski definition) is 16. The number of nitrogens with zero attached hydrogens (tertiary/aromatic N) is 3. The van der Waals surface area contributed by atoms with Crippen molar-refractivity contribution in [3.63, 3.8) is 0 Å². The second-order valence-corrected chi connectivity index (χ2v) is 10.9. The number of rotatable bonds is 16. The first-order chi connectivity index (χ1) is 21.7. The normalized spacial score (nSPS) is 32.0. The highest BCUT2D eigenvalue weighted by Crippen LogP contribution is 2.30. The number of aromatic nitrogens is 3. The minimum Gasteiger partial charge on any atom is -0.479 e. The summed E-state index contributed by atoms with van der Waals surface area (Å²) < 4.78 is 39.0. The smallest absolute Gasteiger partial charge is 0.335 e. The average Bonchev–Trinajstić information content (AvgIpc) is 3.73. The summed E-state index contributed by atoms with van der Waals surface area (Å²) in [6.07, 6.45) is -15.0. The predicted octanol–water partition coefficient (Wildman–Crippen LogP) is -2.82. The lowest BCUT2D eigenvalue weighted by Gasteiger charge is -2.45. The Hall–Kier alpha value is -2.66. The van der Waals surface area contributed by atoms with Gasteiger partial charge in [-0.05, 0) is 11.4 Å². The van der Waals surface area contributed by atoms with Crippen LogP contribution in [0.5, 0.6) is 0 Å². The number of thiophene rings is 1. The van der Waals surface area contributed by atoms with Crippen molar-refractivity contribution in [3.05, 3.63) is 23.0 Å². The lowest BCUT2D eigenvalue weighted by atomic mass is 9.96. The molecule has 10 unspecified atom stereocenters. The van der Waals surface area contributed by atoms with Crippen LogP contribution in [-0.2, 0) is 49.3 Å². The molecular formula is C26H38N4O14S. The molecule has 2 fully saturated rings. The number of nitrogens with one attached hydrogen (secondary N) is 1. The number of carbonyl (C=O) groups excluding carboxylic acids is 1. The molecule has 4 rings (SSSR count). The quantitative estimate of drug-likeness (QED) is 0.0993. The zero-order valence-corrected chi connectivity index (χ0v) is 25.3. The monoisotopic (exact) mass is 662 g/mol. The maximum absolute atomic E-state index is 12.9. The third-order valence-electron chi connectivity index (χ3n) is 7.12. The number of aliphatic carboxylic acids is 1. The van der Waals surface area contributed by atoms with E-state index < -0.39 is 73.3 Å². The zero-order valence-electron chi connectivity index (χ0n) is 24.5. The number of amides is 1. The van der Waals surface area contributed by atoms with Crippen LogP contribution in [0.1, 0.15) is 0 Å². The summed E-state index contributed by atoms with van der Waals surface area (Å²) >= 11 is 1.58. The fourth-order valence-corrected chi connectivity index (χ4v) is 5.39. The number of aliphatic hydroxyl groups is 4. The third kappa shape index (κ3) is 8.78. The minimum atomic E-state index is -1.85. The Labute approximate surface area is 261 Å². The molecule has 0 bridgehead atoms. The molecule has 2 saturated heterocycles. The first kappa shape index (κ1) is 35.2. The van der Waals surface area contributed by atoms with Crippen molar-refractivity contribution in [2.45, 2.75) is 68.0 Å². The van der Waals surface area contributed by atoms with Crippen molar-refractivity contribution in [1.82, 2.24) is 20.3 Å². The Balaban J connectivity index is 1.19. The fraction of sp³-hybridized carbons (Fsp3) is 0.692. The molecule has 2 aromatic heterocycles. The third-order valence-corrected chi connectivity index (χ3v) is 7.81. The van der Waals surface area contributed by atoms with Crippen LogP contribution < -0.4 is 5.32 Å². The molecule has 0 aliphatic carbocycles. The standard InChI is InChI=1S/C26H38N4O14S/c1-38-19-15(31)18(34)26(42-20-16(32)17(33)25(39-2)44-22(20)24(36)37)43-21(19)23(35)27-4-6-40-8-9-41-7-5-30-11-14(28-29-30)13-3-10-45-12-13/h3,10-12,15-22,25-26,31-34H,4-9H2,1-2H3,(H,27,35)(H,36,37). The molecule has 2 aromatic rings. The van der Waals surface area contributed by atoms with E-state index in [2.05, 4.69) is 15.6 Å². The highest BCUT2D eigenvalue weighted by molar-refractivity contribution is 7.08. The first-order valence-corrected chi connectivity index (χ1v) is 14.9. The van der Waals surface area contributed by atoms with Gasteiger partial charge >= 0.3 is 5.97 Å². The van der Waals surface area contributed by atoms with Crippen molar-refractivity contribution in [1.29, 1.82) is 0 Å². The molecule has 19 heteroatoms. The van der Waals surface area contributed by atoms with Crippen molar-refractivity contribution >= 4 is 23.2 Å². The van der Waals surface area contributed by atoms with Gasteiger partial charge in [0.15, 0.2) is 24.8 Å². The van der Waals surface area contributed by atoms with Gasteiger partial charge < -0.3 is 64.0 Å². The van der Waals surface area contributed by atoms with Crippen LogP contribution in [0.25, 0.3) is 11.3 Å². The summed E-state index contributed by atoms with van der Waals surface area (Å²) in [5, 5.41) is 66.2. The molecule has 45 heavy (non-hydrogen) atoms. The lowest BCUT2D eigenvalue weighted by Crippen LogP contribution is -2.66. The van der Waals surface area contributed by atoms with Crippen molar-refractivity contribution in [2.24, 2.45) is 0 Å². The molecular weight excluding hydrogens is 624 g/mol. The lowest BCUT2D eigenvalue weighted by molar-refractivity contribution is -0.348. The van der Waals surface area contributed by atoms with Crippen LogP contribution in [-0.4, -0.2) is 161 Å². The Bertz CT molecular complexity index is 1200. The number of carboxylic acids is 1. The zero-order chi connectivity index (χ0) is 32.5. The number of hydrogen-bond donors (Lipinski definition) is 6. The number of carboxylic acid groups (broad SMARTS) is 1. The highest BCUT2D eigenvalue weighted by Gasteiger charge is 2.54. The SMILES string of the molecule is COC1OC(C(=O)O)C(OC2OC(C(=O)NCCOCCOCCn3cc(-c4ccsc4)nn3)C(OC)C(O)C2O)C(O)C1O. The Morgan fingerprint density at radius 2 is 1.62 bits per heavy atom. The Morgan fingerprint density at radius 3 is 2.29 bits per heavy atom. The van der Waals surface area contributed by atoms with Crippen LogP contribution >= 0.6 is 11.3 Å². The number of carbonyl (C=O) groups is 2. The topological polar surface area (TPSA) is 243 Å². The van der Waals surface area contributed by atoms with Gasteiger partial charge in [0.25, 0.3) is 5.91 Å². The van der Waals surface area contributed by atoms with E-state index in [4.69, 9.17) is 33.2 Å². The van der Waals surface area contributed by atoms with Crippen molar-refractivity contribution in [2.75, 3.05) is 47.2 Å². The molecule has 0 radical (unpaired) electrons. The molecule has 0 aromatic carbocycles. The molecule has 2 aliphatic rings. The number of ether oxygens (including phenoxy) is 7. The largest absolute Gasteiger partial charge is 0.479 e. The molecule has 0 spiro atoms. The molecule has 6 N–H and O–H groups in total. The van der Waals surface area contributed by atoms with Crippen LogP contribution in [0.3, 0.4) is 0 Å². The average molecular weight is 663 g/mol. The molecule has 18 nitrogen and oxygen atoms in total. The van der Waals surface area contributed by atoms with Gasteiger partial charge in [-0.1, -0.05) is 5.21 Å². The number of aliphatic hydroxyl groups excluding tert-OH is 4. The van der Waals surface area contributed by atoms with Crippen molar-refractivity contribution < 1.29 is 68.3 Å². The fourth-order valence-electron chi connectivity index (χ4n) is 4.74. The molecule has 4 heterocycles. The van der Waals surface area contributed by atoms with Gasteiger partial charge in [0, 0.05) is 31.7 Å². The van der Waals surface area contributed by atoms with Crippen LogP contribution in [0, 0.1) is 0 Å². The van der Waals surface area contributed by atoms with Gasteiger partial charge in [-0.25, -0.2) is 9.48 Å². The Kier molecular flexibility index (Phi) is 13.1. The van der Waals surface area contributed by atoms with E-state index in [-0.39, 0.29) is 19.8 Å².